The van der Waals surface area contributed by atoms with Crippen LogP contribution in [0.15, 0.2) is 0 Å². The Morgan fingerprint density at radius 2 is 2.19 bits per heavy atom. The summed E-state index contributed by atoms with van der Waals surface area (Å²) in [4.78, 5) is 18.0. The number of hydrogen-bond donors (Lipinski definition) is 0. The van der Waals surface area contributed by atoms with Crippen molar-refractivity contribution in [3.05, 3.63) is 10.0 Å². The largest absolute Gasteiger partial charge is 0.345 e. The van der Waals surface area contributed by atoms with Crippen molar-refractivity contribution in [3.8, 4) is 0 Å². The molecule has 0 saturated heterocycles. The average Bonchev–Trinajstić information content (AvgIpc) is 3.13. The second-order valence-corrected chi connectivity index (χ2v) is 5.96. The first-order valence-corrected chi connectivity index (χ1v) is 6.85. The molecule has 0 radical (unpaired) electrons. The van der Waals surface area contributed by atoms with Crippen molar-refractivity contribution in [1.82, 2.24) is 4.98 Å². The minimum Gasteiger partial charge on any atom is -0.345 e. The maximum Gasteiger partial charge on any atom is 0.187 e. The number of halogens is 1. The molecule has 0 aliphatic heterocycles. The molecule has 0 atom stereocenters. The van der Waals surface area contributed by atoms with Crippen LogP contribution in [0.3, 0.4) is 0 Å². The third-order valence-electron chi connectivity index (χ3n) is 3.09. The number of carbonyl (C=O) groups is 1. The highest BCUT2D eigenvalue weighted by molar-refractivity contribution is 7.17. The summed E-state index contributed by atoms with van der Waals surface area (Å²) in [7, 11) is 0. The molecule has 0 unspecified atom stereocenters. The van der Waals surface area contributed by atoms with E-state index >= 15 is 0 Å². The molecule has 3 nitrogen and oxygen atoms in total. The highest BCUT2D eigenvalue weighted by atomic mass is 35.5. The van der Waals surface area contributed by atoms with Gasteiger partial charge < -0.3 is 4.90 Å². The second-order valence-electron chi connectivity index (χ2n) is 4.60. The zero-order valence-corrected chi connectivity index (χ0v) is 10.4. The van der Waals surface area contributed by atoms with Crippen LogP contribution in [-0.4, -0.2) is 23.9 Å². The van der Waals surface area contributed by atoms with E-state index < -0.39 is 0 Å². The van der Waals surface area contributed by atoms with E-state index in [4.69, 9.17) is 11.6 Å². The standard InChI is InChI=1S/C11H13ClN2OS/c12-10-9(6-15)16-11(13-10)14(8-3-4-8)5-7-1-2-7/h6-8H,1-5H2. The Labute approximate surface area is 103 Å². The number of aldehydes is 1. The molecule has 0 amide bonds. The summed E-state index contributed by atoms with van der Waals surface area (Å²) in [5.74, 6) is 0.836. The van der Waals surface area contributed by atoms with Crippen LogP contribution < -0.4 is 4.90 Å². The van der Waals surface area contributed by atoms with E-state index in [0.29, 0.717) is 16.1 Å². The molecule has 86 valence electrons. The lowest BCUT2D eigenvalue weighted by molar-refractivity contribution is 0.112. The van der Waals surface area contributed by atoms with Crippen molar-refractivity contribution in [2.24, 2.45) is 5.92 Å². The lowest BCUT2D eigenvalue weighted by Gasteiger charge is -2.20. The molecule has 1 aromatic rings. The smallest absolute Gasteiger partial charge is 0.187 e. The molecular formula is C11H13ClN2OS. The molecule has 2 aliphatic rings. The first-order valence-electron chi connectivity index (χ1n) is 5.66. The van der Waals surface area contributed by atoms with Gasteiger partial charge in [0, 0.05) is 12.6 Å². The lowest BCUT2D eigenvalue weighted by atomic mass is 10.4. The van der Waals surface area contributed by atoms with Crippen LogP contribution >= 0.6 is 22.9 Å². The van der Waals surface area contributed by atoms with Crippen molar-refractivity contribution in [1.29, 1.82) is 0 Å². The van der Waals surface area contributed by atoms with E-state index in [-0.39, 0.29) is 0 Å². The van der Waals surface area contributed by atoms with Gasteiger partial charge in [-0.2, -0.15) is 0 Å². The monoisotopic (exact) mass is 256 g/mol. The highest BCUT2D eigenvalue weighted by Crippen LogP contribution is 2.40. The molecule has 2 aliphatic carbocycles. The van der Waals surface area contributed by atoms with Crippen LogP contribution in [0.1, 0.15) is 35.4 Å². The van der Waals surface area contributed by atoms with Gasteiger partial charge in [0.1, 0.15) is 4.88 Å². The predicted octanol–water partition coefficient (Wildman–Crippen LogP) is 2.99. The summed E-state index contributed by atoms with van der Waals surface area (Å²) in [5.41, 5.74) is 0. The number of carbonyl (C=O) groups excluding carboxylic acids is 1. The van der Waals surface area contributed by atoms with Gasteiger partial charge in [0.05, 0.1) is 0 Å². The van der Waals surface area contributed by atoms with Gasteiger partial charge >= 0.3 is 0 Å². The number of thiazole rings is 1. The SMILES string of the molecule is O=Cc1sc(N(CC2CC2)C2CC2)nc1Cl. The Morgan fingerprint density at radius 1 is 1.44 bits per heavy atom. The molecule has 1 heterocycles. The Balaban J connectivity index is 1.82. The fraction of sp³-hybridized carbons (Fsp3) is 0.636. The molecule has 2 saturated carbocycles. The van der Waals surface area contributed by atoms with Crippen molar-refractivity contribution in [2.75, 3.05) is 11.4 Å². The van der Waals surface area contributed by atoms with Crippen LogP contribution in [0.2, 0.25) is 5.15 Å². The molecule has 0 N–H and O–H groups in total. The van der Waals surface area contributed by atoms with Crippen molar-refractivity contribution >= 4 is 34.4 Å². The Bertz CT molecular complexity index is 412. The Morgan fingerprint density at radius 3 is 2.69 bits per heavy atom. The molecule has 2 fully saturated rings. The maximum absolute atomic E-state index is 10.8. The van der Waals surface area contributed by atoms with Crippen molar-refractivity contribution < 1.29 is 4.79 Å². The van der Waals surface area contributed by atoms with Crippen LogP contribution in [0.5, 0.6) is 0 Å². The lowest BCUT2D eigenvalue weighted by Crippen LogP contribution is -2.27. The van der Waals surface area contributed by atoms with Crippen molar-refractivity contribution in [2.45, 2.75) is 31.7 Å². The van der Waals surface area contributed by atoms with E-state index in [0.717, 1.165) is 23.9 Å². The third kappa shape index (κ3) is 2.09. The summed E-state index contributed by atoms with van der Waals surface area (Å²) >= 11 is 7.33. The van der Waals surface area contributed by atoms with Gasteiger partial charge in [-0.15, -0.1) is 0 Å². The summed E-state index contributed by atoms with van der Waals surface area (Å²) in [6, 6.07) is 0.641. The molecule has 0 spiro atoms. The first-order chi connectivity index (χ1) is 7.78. The van der Waals surface area contributed by atoms with Crippen LogP contribution in [0.4, 0.5) is 5.13 Å². The molecule has 3 rings (SSSR count). The molecule has 0 bridgehead atoms. The van der Waals surface area contributed by atoms with Gasteiger partial charge in [-0.05, 0) is 31.6 Å². The van der Waals surface area contributed by atoms with E-state index in [2.05, 4.69) is 9.88 Å². The van der Waals surface area contributed by atoms with Gasteiger partial charge in [-0.25, -0.2) is 4.98 Å². The minimum atomic E-state index is 0.358. The summed E-state index contributed by atoms with van der Waals surface area (Å²) in [6.07, 6.45) is 5.97. The molecule has 1 aromatic heterocycles. The fourth-order valence-electron chi connectivity index (χ4n) is 1.85. The Hall–Kier alpha value is -0.610. The number of rotatable bonds is 5. The van der Waals surface area contributed by atoms with Gasteiger partial charge in [-0.1, -0.05) is 22.9 Å². The van der Waals surface area contributed by atoms with Gasteiger partial charge in [0.25, 0.3) is 0 Å². The molecule has 5 heteroatoms. The number of hydrogen-bond acceptors (Lipinski definition) is 4. The van der Waals surface area contributed by atoms with Gasteiger partial charge in [0.2, 0.25) is 0 Å². The zero-order chi connectivity index (χ0) is 11.1. The predicted molar refractivity (Wildman–Crippen MR) is 65.6 cm³/mol. The normalized spacial score (nSPS) is 19.8. The van der Waals surface area contributed by atoms with E-state index in [1.807, 2.05) is 0 Å². The molecule has 0 aromatic carbocycles. The maximum atomic E-state index is 10.8. The molecular weight excluding hydrogens is 244 g/mol. The van der Waals surface area contributed by atoms with Crippen LogP contribution in [0.25, 0.3) is 0 Å². The second kappa shape index (κ2) is 4.00. The van der Waals surface area contributed by atoms with Crippen LogP contribution in [0, 0.1) is 5.92 Å². The van der Waals surface area contributed by atoms with Gasteiger partial charge in [-0.3, -0.25) is 4.79 Å². The fourth-order valence-corrected chi connectivity index (χ4v) is 2.99. The zero-order valence-electron chi connectivity index (χ0n) is 8.86. The van der Waals surface area contributed by atoms with E-state index in [1.54, 1.807) is 0 Å². The first kappa shape index (κ1) is 10.5. The average molecular weight is 257 g/mol. The number of anilines is 1. The summed E-state index contributed by atoms with van der Waals surface area (Å²) < 4.78 is 0. The Kier molecular flexibility index (Phi) is 2.64. The van der Waals surface area contributed by atoms with Crippen molar-refractivity contribution in [3.63, 3.8) is 0 Å². The highest BCUT2D eigenvalue weighted by Gasteiger charge is 2.35. The van der Waals surface area contributed by atoms with E-state index in [9.17, 15) is 4.79 Å². The summed E-state index contributed by atoms with van der Waals surface area (Å²) in [6.45, 7) is 1.09. The number of nitrogens with zero attached hydrogens (tertiary/aromatic N) is 2. The van der Waals surface area contributed by atoms with E-state index in [1.165, 1.54) is 37.0 Å². The number of aromatic nitrogens is 1. The molecule has 16 heavy (non-hydrogen) atoms. The topological polar surface area (TPSA) is 33.2 Å². The third-order valence-corrected chi connectivity index (χ3v) is 4.51. The minimum absolute atomic E-state index is 0.358. The quantitative estimate of drug-likeness (QED) is 0.760. The summed E-state index contributed by atoms with van der Waals surface area (Å²) in [5, 5.41) is 1.29. The van der Waals surface area contributed by atoms with Crippen LogP contribution in [-0.2, 0) is 0 Å². The van der Waals surface area contributed by atoms with Gasteiger partial charge in [0.15, 0.2) is 16.6 Å².